The molecule has 0 aromatic heterocycles. The summed E-state index contributed by atoms with van der Waals surface area (Å²) < 4.78 is 74.5. The number of ether oxygens (including phenoxy) is 8. The van der Waals surface area contributed by atoms with Crippen LogP contribution < -0.4 is 23.7 Å². The smallest absolute Gasteiger partial charge is 0.344 e. The quantitative estimate of drug-likeness (QED) is 0.0264. The lowest BCUT2D eigenvalue weighted by Gasteiger charge is -2.26. The van der Waals surface area contributed by atoms with Crippen LogP contribution in [0.5, 0.6) is 28.7 Å². The Morgan fingerprint density at radius 1 is 0.268 bits per heavy atom. The molecule has 0 radical (unpaired) electrons. The number of benzene rings is 15. The van der Waals surface area contributed by atoms with Crippen molar-refractivity contribution in [2.45, 2.75) is 257 Å². The maximum absolute atomic E-state index is 14.5. The highest BCUT2D eigenvalue weighted by Gasteiger charge is 2.39. The second kappa shape index (κ2) is 50.8. The Morgan fingerprint density at radius 2 is 0.500 bits per heavy atom. The third-order valence-electron chi connectivity index (χ3n) is 22.8. The molecule has 0 unspecified atom stereocenters. The minimum atomic E-state index is -0.520. The van der Waals surface area contributed by atoms with E-state index in [9.17, 15) is 23.2 Å². The van der Waals surface area contributed by atoms with Gasteiger partial charge < -0.3 is 37.9 Å². The number of carbonyl (C=O) groups excluding carboxylic acids is 3. The number of esters is 3. The molecule has 2 aliphatic carbocycles. The molecule has 18 heteroatoms. The molecule has 0 N–H and O–H groups in total. The Hall–Kier alpha value is -12.7. The standard InChI is InChI=1S/C28H31O3S.C26H29O3S.C24H24FOS.C24H25O3S.C22H22FOS/c1-21-18-25(32(23-12-6-4-7-13-23)24-14-8-5-9-15-24)19-22(2)27(21)30-20-26(29)31-28(3)16-10-11-17-28;1-19-16-23(17-20(2)25(19)28-18-24(27)29-26(3,4)5)30(21-12-8-6-9-13-21)22-14-10-7-11-15-22;1-24(16-8-9-17-24)26-23-18-21(14-15-22(23)25)27(19-10-4-2-5-11-19)20-12-6-3-7-13-20;1-24(2,3)27-23(25)18-26-19-14-16-22(17-15-19)28(20-10-6-4-7-11-20)21-12-8-5-9-13-21;1-22(2,3)24-21-16-19(14-15-20(21)23)25(17-10-6-4-7-11-17)18-12-8-5-9-13-18/h4-9,12-15,18-19H,10-11,16-17,20H2,1-3H3;6-17H,18H2,1-5H3;2-7,10-15,18H,8-9,16-17H2,1H3;4-17H,18H2,1-3H3;4-16H,1-3H3/q5*+1. The van der Waals surface area contributed by atoms with Crippen LogP contribution in [0.2, 0.25) is 0 Å². The van der Waals surface area contributed by atoms with Gasteiger partial charge in [0.2, 0.25) is 0 Å². The fraction of sp³-hybridized carbons (Fsp3) is 0.250. The SMILES string of the molecule is CC(C)(C)OC(=O)COc1ccc([S+](c2ccccc2)c2ccccc2)cc1.CC(C)(C)Oc1cc([S+](c2ccccc2)c2ccccc2)ccc1F.CC1(Oc2cc([S+](c3ccccc3)c3ccccc3)ccc2F)CCCC1.Cc1cc([S+](c2ccccc2)c2ccccc2)cc(C)c1OCC(=O)OC(C)(C)C.Cc1cc([S+](c2ccccc2)c2ccccc2)cc(C)c1OCC(=O)OC1(C)CCCC1. The molecule has 0 amide bonds. The maximum atomic E-state index is 14.5. The van der Waals surface area contributed by atoms with Crippen molar-refractivity contribution in [2.75, 3.05) is 19.8 Å². The largest absolute Gasteiger partial charge is 0.485 e. The van der Waals surface area contributed by atoms with Gasteiger partial charge in [0.1, 0.15) is 45.3 Å². The van der Waals surface area contributed by atoms with Crippen LogP contribution >= 0.6 is 0 Å². The minimum Gasteiger partial charge on any atom is -0.485 e. The van der Waals surface area contributed by atoms with E-state index in [0.29, 0.717) is 17.2 Å². The van der Waals surface area contributed by atoms with E-state index in [2.05, 4.69) is 274 Å². The number of rotatable bonds is 28. The second-order valence-corrected chi connectivity index (χ2v) is 48.4. The van der Waals surface area contributed by atoms with Crippen molar-refractivity contribution in [3.05, 3.63) is 422 Å². The van der Waals surface area contributed by atoms with Crippen LogP contribution in [0, 0.1) is 39.3 Å². The summed E-state index contributed by atoms with van der Waals surface area (Å²) in [5.74, 6) is 1.21. The van der Waals surface area contributed by atoms with Gasteiger partial charge >= 0.3 is 17.9 Å². The Morgan fingerprint density at radius 3 is 0.782 bits per heavy atom. The molecule has 0 aliphatic heterocycles. The Bertz CT molecular complexity index is 6250. The zero-order valence-corrected chi connectivity index (χ0v) is 88.1. The molecule has 15 aromatic carbocycles. The molecule has 0 heterocycles. The summed E-state index contributed by atoms with van der Waals surface area (Å²) in [6.07, 6.45) is 8.38. The van der Waals surface area contributed by atoms with Crippen LogP contribution in [0.4, 0.5) is 8.78 Å². The highest BCUT2D eigenvalue weighted by atomic mass is 32.2. The lowest BCUT2D eigenvalue weighted by molar-refractivity contribution is -0.160. The van der Waals surface area contributed by atoms with E-state index in [-0.39, 0.29) is 115 Å². The van der Waals surface area contributed by atoms with Crippen LogP contribution in [0.15, 0.2) is 462 Å². The maximum Gasteiger partial charge on any atom is 0.344 e. The van der Waals surface area contributed by atoms with Crippen LogP contribution in [0.1, 0.15) is 150 Å². The number of aryl methyl sites for hydroxylation is 4. The van der Waals surface area contributed by atoms with Gasteiger partial charge in [-0.05, 0) is 347 Å². The predicted molar refractivity (Wildman–Crippen MR) is 575 cm³/mol. The number of halogens is 2. The molecule has 17 rings (SSSR count). The third kappa shape index (κ3) is 31.7. The van der Waals surface area contributed by atoms with Crippen LogP contribution in [0.3, 0.4) is 0 Å². The molecule has 0 atom stereocenters. The van der Waals surface area contributed by atoms with E-state index in [1.54, 1.807) is 6.07 Å². The molecule has 15 aromatic rings. The average Bonchev–Trinajstić information content (AvgIpc) is 0.883. The predicted octanol–water partition coefficient (Wildman–Crippen LogP) is 31.0. The van der Waals surface area contributed by atoms with Gasteiger partial charge in [-0.25, -0.2) is 23.2 Å². The molecule has 142 heavy (non-hydrogen) atoms. The highest BCUT2D eigenvalue weighted by molar-refractivity contribution is 7.98. The zero-order valence-electron chi connectivity index (χ0n) is 84.0. The number of hydrogen-bond donors (Lipinski definition) is 0. The van der Waals surface area contributed by atoms with Gasteiger partial charge in [0.15, 0.2) is 116 Å². The van der Waals surface area contributed by atoms with Gasteiger partial charge in [0.05, 0.1) is 54.5 Å². The first-order valence-electron chi connectivity index (χ1n) is 48.3. The Kier molecular flexibility index (Phi) is 38.2. The first kappa shape index (κ1) is 107. The summed E-state index contributed by atoms with van der Waals surface area (Å²) in [7, 11) is -1.23. The number of hydrogen-bond acceptors (Lipinski definition) is 11. The van der Waals surface area contributed by atoms with Crippen LogP contribution in [-0.4, -0.2) is 65.7 Å². The summed E-state index contributed by atoms with van der Waals surface area (Å²) >= 11 is 0. The van der Waals surface area contributed by atoms with Gasteiger partial charge in [-0.3, -0.25) is 0 Å². The van der Waals surface area contributed by atoms with E-state index in [1.807, 2.05) is 206 Å². The van der Waals surface area contributed by atoms with Crippen molar-refractivity contribution in [1.82, 2.24) is 0 Å². The lowest BCUT2D eigenvalue weighted by atomic mass is 10.1. The summed E-state index contributed by atoms with van der Waals surface area (Å²) in [5.41, 5.74) is 2.03. The Balaban J connectivity index is 0.000000149. The van der Waals surface area contributed by atoms with E-state index < -0.39 is 16.8 Å². The van der Waals surface area contributed by atoms with E-state index >= 15 is 0 Å². The van der Waals surface area contributed by atoms with Crippen molar-refractivity contribution < 1.29 is 61.1 Å². The van der Waals surface area contributed by atoms with Gasteiger partial charge in [-0.2, -0.15) is 0 Å². The average molecular weight is 2000 g/mol. The zero-order chi connectivity index (χ0) is 101. The van der Waals surface area contributed by atoms with Crippen molar-refractivity contribution in [2.24, 2.45) is 0 Å². The van der Waals surface area contributed by atoms with Crippen molar-refractivity contribution in [3.8, 4) is 28.7 Å². The van der Waals surface area contributed by atoms with Gasteiger partial charge in [-0.15, -0.1) is 0 Å². The summed E-state index contributed by atoms with van der Waals surface area (Å²) in [6, 6.07) is 132. The summed E-state index contributed by atoms with van der Waals surface area (Å²) in [6.45, 7) is 28.9. The third-order valence-corrected chi connectivity index (χ3v) is 33.8. The fourth-order valence-electron chi connectivity index (χ4n) is 16.7. The van der Waals surface area contributed by atoms with E-state index in [4.69, 9.17) is 37.9 Å². The van der Waals surface area contributed by atoms with Gasteiger partial charge in [0, 0.05) is 36.4 Å². The summed E-state index contributed by atoms with van der Waals surface area (Å²) in [4.78, 5) is 54.5. The molecule has 0 bridgehead atoms. The second-order valence-electron chi connectivity index (χ2n) is 38.2. The molecule has 2 fully saturated rings. The van der Waals surface area contributed by atoms with Crippen molar-refractivity contribution in [3.63, 3.8) is 0 Å². The van der Waals surface area contributed by atoms with Crippen molar-refractivity contribution >= 4 is 72.4 Å². The normalized spacial score (nSPS) is 13.1. The van der Waals surface area contributed by atoms with Crippen molar-refractivity contribution in [1.29, 1.82) is 0 Å². The molecule has 0 saturated heterocycles. The fourth-order valence-corrected chi connectivity index (χ4v) is 27.5. The summed E-state index contributed by atoms with van der Waals surface area (Å²) in [5, 5.41) is 0. The highest BCUT2D eigenvalue weighted by Crippen LogP contribution is 2.44. The molecule has 11 nitrogen and oxygen atoms in total. The molecule has 732 valence electrons. The van der Waals surface area contributed by atoms with Crippen LogP contribution in [0.25, 0.3) is 0 Å². The first-order chi connectivity index (χ1) is 68.2. The molecule has 0 spiro atoms. The topological polar surface area (TPSA) is 125 Å². The Labute approximate surface area is 854 Å². The van der Waals surface area contributed by atoms with Gasteiger partial charge in [0.25, 0.3) is 0 Å². The molecular weight excluding hydrogens is 1860 g/mol. The van der Waals surface area contributed by atoms with Gasteiger partial charge in [-0.1, -0.05) is 182 Å². The van der Waals surface area contributed by atoms with Crippen LogP contribution in [-0.2, 0) is 83.1 Å². The first-order valence-corrected chi connectivity index (χ1v) is 54.4. The monoisotopic (exact) mass is 1990 g/mol. The molecule has 2 aliphatic rings. The molecular formula is C124H131F2O11S5+5. The number of carbonyl (C=O) groups is 3. The van der Waals surface area contributed by atoms with E-state index in [0.717, 1.165) is 94.9 Å². The van der Waals surface area contributed by atoms with E-state index in [1.165, 1.54) is 69.7 Å². The molecule has 2 saturated carbocycles. The minimum absolute atomic E-state index is 0.0559. The lowest BCUT2D eigenvalue weighted by Crippen LogP contribution is -2.30.